The van der Waals surface area contributed by atoms with Crippen LogP contribution in [-0.2, 0) is 4.79 Å². The lowest BCUT2D eigenvalue weighted by Crippen LogP contribution is -2.26. The fourth-order valence-electron chi connectivity index (χ4n) is 0.721. The second kappa shape index (κ2) is 6.68. The van der Waals surface area contributed by atoms with Crippen molar-refractivity contribution in [1.29, 1.82) is 0 Å². The van der Waals surface area contributed by atoms with Crippen LogP contribution in [0.1, 0.15) is 19.8 Å². The van der Waals surface area contributed by atoms with E-state index in [0.717, 1.165) is 19.4 Å². The molecule has 0 rings (SSSR count). The van der Waals surface area contributed by atoms with Crippen LogP contribution < -0.4 is 5.32 Å². The Hall–Kier alpha value is -1.01. The molecule has 3 nitrogen and oxygen atoms in total. The number of hydrogen-bond donors (Lipinski definition) is 2. The largest absolute Gasteiger partial charge is 0.481 e. The van der Waals surface area contributed by atoms with Crippen molar-refractivity contribution in [3.63, 3.8) is 0 Å². The Bertz CT molecular complexity index is 172. The number of rotatable bonds is 6. The number of unbranched alkanes of at least 4 members (excludes halogenated alkanes) is 1. The van der Waals surface area contributed by atoms with Gasteiger partial charge < -0.3 is 10.4 Å². The Kier molecular flexibility index (Phi) is 6.12. The molecule has 0 aliphatic heterocycles. The molecule has 12 heavy (non-hydrogen) atoms. The second-order valence-corrected chi connectivity index (χ2v) is 2.75. The van der Waals surface area contributed by atoms with Crippen molar-refractivity contribution in [3.8, 4) is 12.3 Å². The van der Waals surface area contributed by atoms with Gasteiger partial charge in [0.15, 0.2) is 0 Å². The van der Waals surface area contributed by atoms with Crippen LogP contribution in [0, 0.1) is 18.3 Å². The number of nitrogens with one attached hydrogen (secondary N) is 1. The number of terminal acetylenes is 1. The summed E-state index contributed by atoms with van der Waals surface area (Å²) in [5, 5.41) is 11.5. The number of hydrogen-bond acceptors (Lipinski definition) is 2. The molecule has 0 heterocycles. The first-order chi connectivity index (χ1) is 5.68. The average Bonchev–Trinajstić information content (AvgIpc) is 2.03. The molecule has 0 radical (unpaired) electrons. The van der Waals surface area contributed by atoms with Crippen molar-refractivity contribution < 1.29 is 9.90 Å². The average molecular weight is 169 g/mol. The first kappa shape index (κ1) is 11.0. The third-order valence-corrected chi connectivity index (χ3v) is 1.55. The van der Waals surface area contributed by atoms with Gasteiger partial charge in [-0.15, -0.1) is 12.3 Å². The van der Waals surface area contributed by atoms with Crippen LogP contribution in [0.5, 0.6) is 0 Å². The van der Waals surface area contributed by atoms with E-state index < -0.39 is 5.97 Å². The second-order valence-electron chi connectivity index (χ2n) is 2.75. The molecule has 1 unspecified atom stereocenters. The molecule has 0 fully saturated rings. The van der Waals surface area contributed by atoms with Gasteiger partial charge in [-0.3, -0.25) is 4.79 Å². The summed E-state index contributed by atoms with van der Waals surface area (Å²) < 4.78 is 0. The summed E-state index contributed by atoms with van der Waals surface area (Å²) in [6.45, 7) is 2.98. The molecule has 0 bridgehead atoms. The first-order valence-electron chi connectivity index (χ1n) is 4.05. The number of carbonyl (C=O) groups is 1. The lowest BCUT2D eigenvalue weighted by atomic mass is 10.2. The van der Waals surface area contributed by atoms with Crippen LogP contribution in [0.15, 0.2) is 0 Å². The monoisotopic (exact) mass is 169 g/mol. The zero-order chi connectivity index (χ0) is 9.40. The highest BCUT2D eigenvalue weighted by molar-refractivity contribution is 5.69. The smallest absolute Gasteiger partial charge is 0.307 e. The van der Waals surface area contributed by atoms with Crippen molar-refractivity contribution in [2.24, 2.45) is 5.92 Å². The third-order valence-electron chi connectivity index (χ3n) is 1.55. The Labute approximate surface area is 73.2 Å². The summed E-state index contributed by atoms with van der Waals surface area (Å²) in [7, 11) is 0. The summed E-state index contributed by atoms with van der Waals surface area (Å²) in [4.78, 5) is 10.3. The molecule has 0 spiro atoms. The van der Waals surface area contributed by atoms with Gasteiger partial charge in [0, 0.05) is 13.0 Å². The maximum atomic E-state index is 10.3. The Balaban J connectivity index is 3.21. The van der Waals surface area contributed by atoms with Crippen molar-refractivity contribution >= 4 is 5.97 Å². The summed E-state index contributed by atoms with van der Waals surface area (Å²) in [5.74, 6) is 1.43. The molecule has 1 atom stereocenters. The SMILES string of the molecule is C#CCCCNCC(C)C(=O)O. The van der Waals surface area contributed by atoms with Crippen molar-refractivity contribution in [3.05, 3.63) is 0 Å². The highest BCUT2D eigenvalue weighted by Gasteiger charge is 2.08. The predicted octanol–water partition coefficient (Wildman–Crippen LogP) is 0.710. The molecule has 3 heteroatoms. The van der Waals surface area contributed by atoms with Crippen LogP contribution in [0.2, 0.25) is 0 Å². The van der Waals surface area contributed by atoms with E-state index in [9.17, 15) is 4.79 Å². The first-order valence-corrected chi connectivity index (χ1v) is 4.05. The van der Waals surface area contributed by atoms with E-state index in [-0.39, 0.29) is 5.92 Å². The van der Waals surface area contributed by atoms with Gasteiger partial charge in [0.2, 0.25) is 0 Å². The molecule has 0 saturated heterocycles. The van der Waals surface area contributed by atoms with Crippen molar-refractivity contribution in [2.75, 3.05) is 13.1 Å². The van der Waals surface area contributed by atoms with Crippen LogP contribution in [0.25, 0.3) is 0 Å². The zero-order valence-electron chi connectivity index (χ0n) is 7.34. The highest BCUT2D eigenvalue weighted by atomic mass is 16.4. The Morgan fingerprint density at radius 1 is 1.75 bits per heavy atom. The van der Waals surface area contributed by atoms with Gasteiger partial charge in [-0.05, 0) is 13.0 Å². The minimum atomic E-state index is -0.764. The van der Waals surface area contributed by atoms with E-state index in [1.165, 1.54) is 0 Å². The van der Waals surface area contributed by atoms with Gasteiger partial charge in [-0.25, -0.2) is 0 Å². The molecule has 0 aromatic heterocycles. The molecule has 68 valence electrons. The number of carboxylic acids is 1. The molecule has 0 aliphatic carbocycles. The summed E-state index contributed by atoms with van der Waals surface area (Å²) >= 11 is 0. The van der Waals surface area contributed by atoms with Crippen molar-refractivity contribution in [2.45, 2.75) is 19.8 Å². The van der Waals surface area contributed by atoms with Gasteiger partial charge in [-0.1, -0.05) is 6.92 Å². The van der Waals surface area contributed by atoms with E-state index in [1.807, 2.05) is 0 Å². The quantitative estimate of drug-likeness (QED) is 0.455. The lowest BCUT2D eigenvalue weighted by molar-refractivity contribution is -0.140. The maximum Gasteiger partial charge on any atom is 0.307 e. The molecule has 0 aromatic carbocycles. The summed E-state index contributed by atoms with van der Waals surface area (Å²) in [5.41, 5.74) is 0. The summed E-state index contributed by atoms with van der Waals surface area (Å²) in [6.07, 6.45) is 6.70. The minimum absolute atomic E-state index is 0.323. The van der Waals surface area contributed by atoms with Crippen LogP contribution in [-0.4, -0.2) is 24.2 Å². The lowest BCUT2D eigenvalue weighted by Gasteiger charge is -2.06. The molecule has 0 aromatic rings. The molecule has 0 aliphatic rings. The summed E-state index contributed by atoms with van der Waals surface area (Å²) in [6, 6.07) is 0. The topological polar surface area (TPSA) is 49.3 Å². The zero-order valence-corrected chi connectivity index (χ0v) is 7.34. The normalized spacial score (nSPS) is 12.0. The Morgan fingerprint density at radius 3 is 2.92 bits per heavy atom. The predicted molar refractivity (Wildman–Crippen MR) is 47.7 cm³/mol. The van der Waals surface area contributed by atoms with Crippen LogP contribution in [0.4, 0.5) is 0 Å². The van der Waals surface area contributed by atoms with Crippen molar-refractivity contribution in [1.82, 2.24) is 5.32 Å². The molecule has 0 saturated carbocycles. The third kappa shape index (κ3) is 5.75. The fraction of sp³-hybridized carbons (Fsp3) is 0.667. The van der Waals surface area contributed by atoms with E-state index in [0.29, 0.717) is 6.54 Å². The Morgan fingerprint density at radius 2 is 2.42 bits per heavy atom. The molecule has 2 N–H and O–H groups in total. The van der Waals surface area contributed by atoms with E-state index in [4.69, 9.17) is 11.5 Å². The van der Waals surface area contributed by atoms with Gasteiger partial charge in [-0.2, -0.15) is 0 Å². The fourth-order valence-corrected chi connectivity index (χ4v) is 0.721. The van der Waals surface area contributed by atoms with Gasteiger partial charge in [0.1, 0.15) is 0 Å². The van der Waals surface area contributed by atoms with Crippen LogP contribution >= 0.6 is 0 Å². The van der Waals surface area contributed by atoms with Gasteiger partial charge in [0.25, 0.3) is 0 Å². The molecular weight excluding hydrogens is 154 g/mol. The van der Waals surface area contributed by atoms with E-state index in [2.05, 4.69) is 11.2 Å². The van der Waals surface area contributed by atoms with E-state index >= 15 is 0 Å². The number of aliphatic carboxylic acids is 1. The van der Waals surface area contributed by atoms with E-state index in [1.54, 1.807) is 6.92 Å². The maximum absolute atomic E-state index is 10.3. The van der Waals surface area contributed by atoms with Crippen LogP contribution in [0.3, 0.4) is 0 Å². The standard InChI is InChI=1S/C9H15NO2/c1-3-4-5-6-10-7-8(2)9(11)12/h1,8,10H,4-7H2,2H3,(H,11,12). The van der Waals surface area contributed by atoms with Gasteiger partial charge >= 0.3 is 5.97 Å². The highest BCUT2D eigenvalue weighted by Crippen LogP contribution is 1.91. The molecular formula is C9H15NO2. The number of carboxylic acid groups (broad SMARTS) is 1. The minimum Gasteiger partial charge on any atom is -0.481 e. The van der Waals surface area contributed by atoms with Gasteiger partial charge in [0.05, 0.1) is 5.92 Å². The molecule has 0 amide bonds.